The Kier molecular flexibility index (Phi) is 4.90. The molecule has 1 aliphatic carbocycles. The number of nitrogens with one attached hydrogen (secondary N) is 1. The second-order valence-electron chi connectivity index (χ2n) is 7.08. The van der Waals surface area contributed by atoms with Crippen molar-refractivity contribution in [2.75, 3.05) is 19.0 Å². The maximum Gasteiger partial charge on any atom is 0.340 e. The summed E-state index contributed by atoms with van der Waals surface area (Å²) < 4.78 is 10.0. The number of benzene rings is 2. The van der Waals surface area contributed by atoms with Gasteiger partial charge in [0.2, 0.25) is 0 Å². The Morgan fingerprint density at radius 1 is 1.11 bits per heavy atom. The first-order chi connectivity index (χ1) is 13.6. The molecule has 4 rings (SSSR count). The average molecular weight is 377 g/mol. The van der Waals surface area contributed by atoms with Gasteiger partial charge < -0.3 is 14.8 Å². The summed E-state index contributed by atoms with van der Waals surface area (Å²) in [6.45, 7) is 2.15. The van der Waals surface area contributed by atoms with Crippen LogP contribution in [0.4, 0.5) is 5.69 Å². The lowest BCUT2D eigenvalue weighted by Crippen LogP contribution is -2.30. The summed E-state index contributed by atoms with van der Waals surface area (Å²) in [7, 11) is 1.38. The van der Waals surface area contributed by atoms with Crippen molar-refractivity contribution in [1.29, 1.82) is 0 Å². The van der Waals surface area contributed by atoms with Crippen LogP contribution in [0.5, 0.6) is 0 Å². The molecule has 5 heteroatoms. The van der Waals surface area contributed by atoms with Gasteiger partial charge in [0.05, 0.1) is 36.6 Å². The SMILES string of the molecule is CCOC(=O)c1cccc2c1N[C@H](c1ccc(C(=O)OC)cc1)[C@H]1CC=C[C@H]21. The van der Waals surface area contributed by atoms with Crippen molar-refractivity contribution in [3.8, 4) is 0 Å². The van der Waals surface area contributed by atoms with Gasteiger partial charge in [-0.2, -0.15) is 0 Å². The van der Waals surface area contributed by atoms with E-state index in [2.05, 4.69) is 23.5 Å². The number of fused-ring (bicyclic) bond motifs is 3. The molecule has 0 saturated carbocycles. The normalized spacial score (nSPS) is 22.0. The highest BCUT2D eigenvalue weighted by molar-refractivity contribution is 5.97. The largest absolute Gasteiger partial charge is 0.465 e. The Labute approximate surface area is 164 Å². The van der Waals surface area contributed by atoms with E-state index in [1.807, 2.05) is 25.1 Å². The second-order valence-corrected chi connectivity index (χ2v) is 7.08. The minimum absolute atomic E-state index is 0.0368. The Morgan fingerprint density at radius 3 is 2.61 bits per heavy atom. The first-order valence-corrected chi connectivity index (χ1v) is 9.55. The number of allylic oxidation sites excluding steroid dienone is 2. The third-order valence-electron chi connectivity index (χ3n) is 5.58. The molecule has 0 radical (unpaired) electrons. The van der Waals surface area contributed by atoms with E-state index in [1.54, 1.807) is 18.2 Å². The maximum absolute atomic E-state index is 12.5. The number of carbonyl (C=O) groups excluding carboxylic acids is 2. The Hall–Kier alpha value is -3.08. The van der Waals surface area contributed by atoms with Crippen molar-refractivity contribution in [2.45, 2.75) is 25.3 Å². The number of esters is 2. The smallest absolute Gasteiger partial charge is 0.340 e. The molecule has 3 atom stereocenters. The van der Waals surface area contributed by atoms with Crippen LogP contribution in [0, 0.1) is 5.92 Å². The number of ether oxygens (including phenoxy) is 2. The van der Waals surface area contributed by atoms with Gasteiger partial charge in [0.1, 0.15) is 0 Å². The molecular weight excluding hydrogens is 354 g/mol. The number of hydrogen-bond donors (Lipinski definition) is 1. The first kappa shape index (κ1) is 18.3. The molecular formula is C23H23NO4. The Bertz CT molecular complexity index is 932. The van der Waals surface area contributed by atoms with E-state index < -0.39 is 0 Å². The predicted octanol–water partition coefficient (Wildman–Crippen LogP) is 4.48. The standard InChI is InChI=1S/C23H23NO4/c1-3-28-23(26)19-9-5-8-18-16-6-4-7-17(16)20(24-21(18)19)14-10-12-15(13-11-14)22(25)27-2/h4-6,8-13,16-17,20,24H,3,7H2,1-2H3/t16-,17-,20+/m0/s1. The van der Waals surface area contributed by atoms with Crippen molar-refractivity contribution >= 4 is 17.6 Å². The van der Waals surface area contributed by atoms with Crippen LogP contribution in [-0.2, 0) is 9.47 Å². The zero-order valence-corrected chi connectivity index (χ0v) is 16.0. The molecule has 1 aliphatic heterocycles. The molecule has 1 heterocycles. The van der Waals surface area contributed by atoms with Crippen LogP contribution in [0.2, 0.25) is 0 Å². The highest BCUT2D eigenvalue weighted by atomic mass is 16.5. The van der Waals surface area contributed by atoms with Gasteiger partial charge in [-0.1, -0.05) is 36.4 Å². The van der Waals surface area contributed by atoms with Crippen molar-refractivity contribution in [3.05, 3.63) is 76.9 Å². The molecule has 0 amide bonds. The van der Waals surface area contributed by atoms with Gasteiger partial charge in [-0.15, -0.1) is 0 Å². The average Bonchev–Trinajstić information content (AvgIpc) is 3.22. The van der Waals surface area contributed by atoms with Crippen LogP contribution >= 0.6 is 0 Å². The van der Waals surface area contributed by atoms with Gasteiger partial charge in [-0.3, -0.25) is 0 Å². The molecule has 2 aliphatic rings. The van der Waals surface area contributed by atoms with Crippen LogP contribution < -0.4 is 5.32 Å². The third-order valence-corrected chi connectivity index (χ3v) is 5.58. The molecule has 0 saturated heterocycles. The lowest BCUT2D eigenvalue weighted by Gasteiger charge is -2.38. The maximum atomic E-state index is 12.5. The molecule has 1 N–H and O–H groups in total. The lowest BCUT2D eigenvalue weighted by molar-refractivity contribution is 0.0526. The fourth-order valence-corrected chi connectivity index (χ4v) is 4.27. The van der Waals surface area contributed by atoms with Crippen molar-refractivity contribution < 1.29 is 19.1 Å². The zero-order chi connectivity index (χ0) is 19.7. The predicted molar refractivity (Wildman–Crippen MR) is 107 cm³/mol. The van der Waals surface area contributed by atoms with E-state index in [-0.39, 0.29) is 23.9 Å². The summed E-state index contributed by atoms with van der Waals surface area (Å²) in [4.78, 5) is 24.2. The quantitative estimate of drug-likeness (QED) is 0.629. The number of methoxy groups -OCH3 is 1. The molecule has 0 fully saturated rings. The fraction of sp³-hybridized carbons (Fsp3) is 0.304. The number of carbonyl (C=O) groups is 2. The van der Waals surface area contributed by atoms with Crippen LogP contribution in [0.15, 0.2) is 54.6 Å². The summed E-state index contributed by atoms with van der Waals surface area (Å²) in [5.41, 5.74) is 4.14. The molecule has 28 heavy (non-hydrogen) atoms. The second kappa shape index (κ2) is 7.50. The summed E-state index contributed by atoms with van der Waals surface area (Å²) in [6.07, 6.45) is 5.40. The number of hydrogen-bond acceptors (Lipinski definition) is 5. The van der Waals surface area contributed by atoms with Crippen LogP contribution in [0.1, 0.15) is 57.1 Å². The van der Waals surface area contributed by atoms with Gasteiger partial charge in [-0.25, -0.2) is 9.59 Å². The van der Waals surface area contributed by atoms with Crippen molar-refractivity contribution in [2.24, 2.45) is 5.92 Å². The van der Waals surface area contributed by atoms with E-state index in [1.165, 1.54) is 7.11 Å². The zero-order valence-electron chi connectivity index (χ0n) is 16.0. The topological polar surface area (TPSA) is 64.6 Å². The summed E-state index contributed by atoms with van der Waals surface area (Å²) in [6, 6.07) is 13.3. The van der Waals surface area contributed by atoms with Crippen molar-refractivity contribution in [3.63, 3.8) is 0 Å². The van der Waals surface area contributed by atoms with Gasteiger partial charge in [0.25, 0.3) is 0 Å². The van der Waals surface area contributed by atoms with E-state index in [0.29, 0.717) is 23.7 Å². The summed E-state index contributed by atoms with van der Waals surface area (Å²) in [5.74, 6) is -0.0598. The molecule has 0 unspecified atom stereocenters. The molecule has 2 aromatic rings. The van der Waals surface area contributed by atoms with E-state index >= 15 is 0 Å². The monoisotopic (exact) mass is 377 g/mol. The lowest BCUT2D eigenvalue weighted by atomic mass is 9.76. The van der Waals surface area contributed by atoms with E-state index in [0.717, 1.165) is 23.2 Å². The fourth-order valence-electron chi connectivity index (χ4n) is 4.27. The number of rotatable bonds is 4. The number of anilines is 1. The molecule has 5 nitrogen and oxygen atoms in total. The van der Waals surface area contributed by atoms with Crippen LogP contribution in [0.3, 0.4) is 0 Å². The highest BCUT2D eigenvalue weighted by Crippen LogP contribution is 2.50. The Balaban J connectivity index is 1.73. The van der Waals surface area contributed by atoms with Crippen molar-refractivity contribution in [1.82, 2.24) is 0 Å². The molecule has 144 valence electrons. The molecule has 2 aromatic carbocycles. The first-order valence-electron chi connectivity index (χ1n) is 9.55. The van der Waals surface area contributed by atoms with E-state index in [4.69, 9.17) is 9.47 Å². The van der Waals surface area contributed by atoms with Gasteiger partial charge in [0, 0.05) is 5.92 Å². The molecule has 0 bridgehead atoms. The molecule has 0 spiro atoms. The van der Waals surface area contributed by atoms with Gasteiger partial charge in [-0.05, 0) is 48.6 Å². The minimum atomic E-state index is -0.349. The van der Waals surface area contributed by atoms with Crippen LogP contribution in [0.25, 0.3) is 0 Å². The van der Waals surface area contributed by atoms with Gasteiger partial charge >= 0.3 is 11.9 Å². The highest BCUT2D eigenvalue weighted by Gasteiger charge is 2.39. The van der Waals surface area contributed by atoms with Gasteiger partial charge in [0.15, 0.2) is 0 Å². The Morgan fingerprint density at radius 2 is 1.89 bits per heavy atom. The minimum Gasteiger partial charge on any atom is -0.465 e. The molecule has 0 aromatic heterocycles. The third kappa shape index (κ3) is 3.07. The summed E-state index contributed by atoms with van der Waals surface area (Å²) in [5, 5.41) is 3.60. The summed E-state index contributed by atoms with van der Waals surface area (Å²) >= 11 is 0. The van der Waals surface area contributed by atoms with Crippen LogP contribution in [-0.4, -0.2) is 25.7 Å². The number of para-hydroxylation sites is 1. The van der Waals surface area contributed by atoms with E-state index in [9.17, 15) is 9.59 Å².